The Morgan fingerprint density at radius 3 is 3.00 bits per heavy atom. The van der Waals surface area contributed by atoms with Gasteiger partial charge in [0.2, 0.25) is 0 Å². The van der Waals surface area contributed by atoms with Gasteiger partial charge >= 0.3 is 0 Å². The van der Waals surface area contributed by atoms with Gasteiger partial charge in [-0.05, 0) is 48.9 Å². The number of carbonyl (C=O) groups excluding carboxylic acids is 1. The van der Waals surface area contributed by atoms with Crippen molar-refractivity contribution in [1.82, 2.24) is 0 Å². The van der Waals surface area contributed by atoms with Gasteiger partial charge in [0.15, 0.2) is 0 Å². The Hall–Kier alpha value is -0.830. The zero-order valence-corrected chi connectivity index (χ0v) is 12.3. The fourth-order valence-corrected chi connectivity index (χ4v) is 3.08. The van der Waals surface area contributed by atoms with Gasteiger partial charge in [0.25, 0.3) is 0 Å². The summed E-state index contributed by atoms with van der Waals surface area (Å²) in [6.07, 6.45) is 5.83. The lowest BCUT2D eigenvalue weighted by Gasteiger charge is -2.16. The van der Waals surface area contributed by atoms with E-state index in [0.717, 1.165) is 42.3 Å². The van der Waals surface area contributed by atoms with Gasteiger partial charge in [-0.15, -0.1) is 0 Å². The quantitative estimate of drug-likeness (QED) is 0.784. The van der Waals surface area contributed by atoms with E-state index in [4.69, 9.17) is 4.74 Å². The summed E-state index contributed by atoms with van der Waals surface area (Å²) in [6.45, 7) is 0. The van der Waals surface area contributed by atoms with Crippen molar-refractivity contribution in [2.45, 2.75) is 38.5 Å². The largest absolute Gasteiger partial charge is 0.496 e. The van der Waals surface area contributed by atoms with Gasteiger partial charge in [0.05, 0.1) is 7.11 Å². The minimum atomic E-state index is 0.423. The highest BCUT2D eigenvalue weighted by atomic mass is 79.9. The van der Waals surface area contributed by atoms with E-state index >= 15 is 0 Å². The molecule has 0 aromatic heterocycles. The lowest BCUT2D eigenvalue weighted by Crippen LogP contribution is -2.09. The minimum Gasteiger partial charge on any atom is -0.496 e. The molecule has 1 saturated carbocycles. The molecule has 0 heterocycles. The Bertz CT molecular complexity index is 429. The molecular formula is C15H19BrO2. The fraction of sp³-hybridized carbons (Fsp3) is 0.533. The number of ether oxygens (including phenoxy) is 1. The zero-order chi connectivity index (χ0) is 13.0. The molecule has 1 atom stereocenters. The van der Waals surface area contributed by atoms with Gasteiger partial charge in [0.1, 0.15) is 11.5 Å². The van der Waals surface area contributed by atoms with Crippen molar-refractivity contribution in [3.8, 4) is 5.75 Å². The third-order valence-corrected chi connectivity index (χ3v) is 4.08. The highest BCUT2D eigenvalue weighted by Gasteiger charge is 2.19. The third kappa shape index (κ3) is 3.58. The molecule has 1 aliphatic carbocycles. The monoisotopic (exact) mass is 310 g/mol. The number of methoxy groups -OCH3 is 1. The molecular weight excluding hydrogens is 292 g/mol. The summed E-state index contributed by atoms with van der Waals surface area (Å²) < 4.78 is 6.46. The molecule has 1 fully saturated rings. The van der Waals surface area contributed by atoms with Gasteiger partial charge in [-0.25, -0.2) is 0 Å². The molecule has 0 spiro atoms. The summed E-state index contributed by atoms with van der Waals surface area (Å²) in [4.78, 5) is 11.7. The number of ketones is 1. The second-order valence-corrected chi connectivity index (χ2v) is 5.93. The Balaban J connectivity index is 2.12. The second kappa shape index (κ2) is 6.37. The summed E-state index contributed by atoms with van der Waals surface area (Å²) in [7, 11) is 1.70. The topological polar surface area (TPSA) is 26.3 Å². The first-order chi connectivity index (χ1) is 8.69. The maximum absolute atomic E-state index is 11.7. The summed E-state index contributed by atoms with van der Waals surface area (Å²) in [6, 6.07) is 6.08. The standard InChI is InChI=1S/C15H19BrO2/c1-18-15-7-6-13(16)10-12(15)8-11-4-2-3-5-14(17)9-11/h6-7,10-11H,2-5,8-9H2,1H3. The van der Waals surface area contributed by atoms with Gasteiger partial charge in [-0.3, -0.25) is 4.79 Å². The van der Waals surface area contributed by atoms with E-state index in [2.05, 4.69) is 22.0 Å². The third-order valence-electron chi connectivity index (χ3n) is 3.59. The maximum atomic E-state index is 11.7. The van der Waals surface area contributed by atoms with Crippen molar-refractivity contribution < 1.29 is 9.53 Å². The van der Waals surface area contributed by atoms with Crippen LogP contribution in [0.3, 0.4) is 0 Å². The van der Waals surface area contributed by atoms with E-state index in [0.29, 0.717) is 11.7 Å². The Morgan fingerprint density at radius 1 is 1.39 bits per heavy atom. The lowest BCUT2D eigenvalue weighted by molar-refractivity contribution is -0.119. The Labute approximate surface area is 117 Å². The van der Waals surface area contributed by atoms with Crippen molar-refractivity contribution >= 4 is 21.7 Å². The number of hydrogen-bond donors (Lipinski definition) is 0. The molecule has 0 saturated heterocycles. The zero-order valence-electron chi connectivity index (χ0n) is 10.7. The van der Waals surface area contributed by atoms with Crippen LogP contribution in [-0.4, -0.2) is 12.9 Å². The number of hydrogen-bond acceptors (Lipinski definition) is 2. The molecule has 2 nitrogen and oxygen atoms in total. The van der Waals surface area contributed by atoms with Crippen molar-refractivity contribution in [3.63, 3.8) is 0 Å². The molecule has 0 N–H and O–H groups in total. The van der Waals surface area contributed by atoms with Crippen molar-refractivity contribution in [2.75, 3.05) is 7.11 Å². The van der Waals surface area contributed by atoms with Crippen LogP contribution in [0.2, 0.25) is 0 Å². The van der Waals surface area contributed by atoms with E-state index in [1.165, 1.54) is 12.0 Å². The minimum absolute atomic E-state index is 0.423. The van der Waals surface area contributed by atoms with Crippen LogP contribution in [0, 0.1) is 5.92 Å². The van der Waals surface area contributed by atoms with Crippen LogP contribution in [-0.2, 0) is 11.2 Å². The molecule has 1 aromatic rings. The van der Waals surface area contributed by atoms with Crippen LogP contribution in [0.15, 0.2) is 22.7 Å². The SMILES string of the molecule is COc1ccc(Br)cc1CC1CCCCC(=O)C1. The number of halogens is 1. The number of rotatable bonds is 3. The maximum Gasteiger partial charge on any atom is 0.133 e. The second-order valence-electron chi connectivity index (χ2n) is 5.01. The predicted molar refractivity (Wildman–Crippen MR) is 76.0 cm³/mol. The highest BCUT2D eigenvalue weighted by molar-refractivity contribution is 9.10. The molecule has 18 heavy (non-hydrogen) atoms. The summed E-state index contributed by atoms with van der Waals surface area (Å²) in [5, 5.41) is 0. The van der Waals surface area contributed by atoms with Crippen LogP contribution in [0.25, 0.3) is 0 Å². The Kier molecular flexibility index (Phi) is 4.81. The molecule has 0 amide bonds. The average Bonchev–Trinajstić information content (AvgIpc) is 2.54. The van der Waals surface area contributed by atoms with Crippen LogP contribution in [0.5, 0.6) is 5.75 Å². The average molecular weight is 311 g/mol. The fourth-order valence-electron chi connectivity index (χ4n) is 2.67. The number of Topliss-reactive ketones (excluding diaryl/α,β-unsaturated/α-hetero) is 1. The molecule has 0 radical (unpaired) electrons. The van der Waals surface area contributed by atoms with Crippen LogP contribution in [0.1, 0.15) is 37.7 Å². The van der Waals surface area contributed by atoms with E-state index in [1.54, 1.807) is 7.11 Å². The van der Waals surface area contributed by atoms with Gasteiger partial charge in [-0.1, -0.05) is 22.4 Å². The van der Waals surface area contributed by atoms with Crippen LogP contribution >= 0.6 is 15.9 Å². The summed E-state index contributed by atoms with van der Waals surface area (Å²) in [5.41, 5.74) is 1.20. The van der Waals surface area contributed by atoms with E-state index < -0.39 is 0 Å². The first kappa shape index (κ1) is 13.6. The molecule has 3 heteroatoms. The van der Waals surface area contributed by atoms with Gasteiger partial charge in [-0.2, -0.15) is 0 Å². The van der Waals surface area contributed by atoms with Crippen molar-refractivity contribution in [1.29, 1.82) is 0 Å². The molecule has 0 aliphatic heterocycles. The summed E-state index contributed by atoms with van der Waals surface area (Å²) >= 11 is 3.50. The highest BCUT2D eigenvalue weighted by Crippen LogP contribution is 2.30. The van der Waals surface area contributed by atoms with Crippen molar-refractivity contribution in [2.24, 2.45) is 5.92 Å². The normalized spacial score (nSPS) is 20.6. The first-order valence-electron chi connectivity index (χ1n) is 6.53. The molecule has 98 valence electrons. The van der Waals surface area contributed by atoms with Crippen molar-refractivity contribution in [3.05, 3.63) is 28.2 Å². The first-order valence-corrected chi connectivity index (χ1v) is 7.32. The summed E-state index contributed by atoms with van der Waals surface area (Å²) in [5.74, 6) is 1.82. The van der Waals surface area contributed by atoms with Gasteiger partial charge in [0, 0.05) is 17.3 Å². The smallest absolute Gasteiger partial charge is 0.133 e. The Morgan fingerprint density at radius 2 is 2.22 bits per heavy atom. The van der Waals surface area contributed by atoms with Crippen LogP contribution in [0.4, 0.5) is 0 Å². The molecule has 1 aliphatic rings. The van der Waals surface area contributed by atoms with Gasteiger partial charge < -0.3 is 4.74 Å². The van der Waals surface area contributed by atoms with E-state index in [-0.39, 0.29) is 0 Å². The number of carbonyl (C=O) groups is 1. The molecule has 1 unspecified atom stereocenters. The lowest BCUT2D eigenvalue weighted by atomic mass is 9.92. The van der Waals surface area contributed by atoms with E-state index in [1.807, 2.05) is 12.1 Å². The molecule has 0 bridgehead atoms. The molecule has 1 aromatic carbocycles. The number of benzene rings is 1. The van der Waals surface area contributed by atoms with Crippen LogP contribution < -0.4 is 4.74 Å². The van der Waals surface area contributed by atoms with E-state index in [9.17, 15) is 4.79 Å². The predicted octanol–water partition coefficient (Wildman–Crippen LogP) is 4.15. The molecule has 2 rings (SSSR count).